The Labute approximate surface area is 73.3 Å². The summed E-state index contributed by atoms with van der Waals surface area (Å²) < 4.78 is 0. The summed E-state index contributed by atoms with van der Waals surface area (Å²) in [6.45, 7) is 0. The SMILES string of the molecule is c1cc(Nc2nncs2)ccn1. The molecule has 1 N–H and O–H groups in total. The molecule has 0 unspecified atom stereocenters. The van der Waals surface area contributed by atoms with Crippen LogP contribution in [0.2, 0.25) is 0 Å². The lowest BCUT2D eigenvalue weighted by molar-refractivity contribution is 1.09. The minimum absolute atomic E-state index is 0.793. The number of hydrogen-bond donors (Lipinski definition) is 1. The summed E-state index contributed by atoms with van der Waals surface area (Å²) in [4.78, 5) is 3.90. The molecule has 2 aromatic heterocycles. The van der Waals surface area contributed by atoms with E-state index >= 15 is 0 Å². The van der Waals surface area contributed by atoms with Gasteiger partial charge in [-0.3, -0.25) is 4.98 Å². The third-order valence-electron chi connectivity index (χ3n) is 1.29. The van der Waals surface area contributed by atoms with E-state index in [1.54, 1.807) is 17.9 Å². The van der Waals surface area contributed by atoms with E-state index in [4.69, 9.17) is 0 Å². The molecule has 0 atom stereocenters. The Morgan fingerprint density at radius 3 is 2.75 bits per heavy atom. The molecule has 2 rings (SSSR count). The van der Waals surface area contributed by atoms with Gasteiger partial charge in [-0.1, -0.05) is 11.3 Å². The van der Waals surface area contributed by atoms with Crippen molar-refractivity contribution in [2.45, 2.75) is 0 Å². The summed E-state index contributed by atoms with van der Waals surface area (Å²) >= 11 is 1.46. The molecule has 60 valence electrons. The second kappa shape index (κ2) is 3.27. The minimum Gasteiger partial charge on any atom is -0.330 e. The van der Waals surface area contributed by atoms with E-state index in [0.717, 1.165) is 10.8 Å². The Bertz CT molecular complexity index is 332. The van der Waals surface area contributed by atoms with Crippen molar-refractivity contribution in [1.29, 1.82) is 0 Å². The summed E-state index contributed by atoms with van der Waals surface area (Å²) in [6.07, 6.45) is 3.45. The molecule has 0 aromatic carbocycles. The fourth-order valence-electron chi connectivity index (χ4n) is 0.786. The maximum absolute atomic E-state index is 3.90. The van der Waals surface area contributed by atoms with E-state index < -0.39 is 0 Å². The number of rotatable bonds is 2. The van der Waals surface area contributed by atoms with E-state index in [9.17, 15) is 0 Å². The Morgan fingerprint density at radius 2 is 2.08 bits per heavy atom. The first kappa shape index (κ1) is 7.17. The molecule has 0 spiro atoms. The first-order valence-corrected chi connectivity index (χ1v) is 4.26. The van der Waals surface area contributed by atoms with Crippen LogP contribution in [0.25, 0.3) is 0 Å². The predicted octanol–water partition coefficient (Wildman–Crippen LogP) is 1.68. The van der Waals surface area contributed by atoms with Gasteiger partial charge in [0.2, 0.25) is 5.13 Å². The van der Waals surface area contributed by atoms with Gasteiger partial charge in [0.25, 0.3) is 0 Å². The topological polar surface area (TPSA) is 50.7 Å². The summed E-state index contributed by atoms with van der Waals surface area (Å²) in [5.74, 6) is 0. The highest BCUT2D eigenvalue weighted by atomic mass is 32.1. The number of hydrogen-bond acceptors (Lipinski definition) is 5. The Balaban J connectivity index is 2.15. The average Bonchev–Trinajstić information content (AvgIpc) is 2.59. The van der Waals surface area contributed by atoms with Crippen LogP contribution in [0, 0.1) is 0 Å². The second-order valence-corrected chi connectivity index (χ2v) is 2.94. The summed E-state index contributed by atoms with van der Waals surface area (Å²) in [7, 11) is 0. The van der Waals surface area contributed by atoms with Gasteiger partial charge in [-0.25, -0.2) is 0 Å². The van der Waals surface area contributed by atoms with E-state index in [1.807, 2.05) is 12.1 Å². The zero-order valence-electron chi connectivity index (χ0n) is 6.14. The van der Waals surface area contributed by atoms with Gasteiger partial charge in [-0.05, 0) is 12.1 Å². The van der Waals surface area contributed by atoms with Crippen LogP contribution in [0.3, 0.4) is 0 Å². The Morgan fingerprint density at radius 1 is 1.25 bits per heavy atom. The third-order valence-corrected chi connectivity index (χ3v) is 1.90. The van der Waals surface area contributed by atoms with Crippen LogP contribution in [0.1, 0.15) is 0 Å². The first-order valence-electron chi connectivity index (χ1n) is 3.38. The Kier molecular flexibility index (Phi) is 1.96. The molecule has 0 saturated heterocycles. The number of pyridine rings is 1. The van der Waals surface area contributed by atoms with Crippen molar-refractivity contribution in [1.82, 2.24) is 15.2 Å². The molecule has 0 amide bonds. The molecule has 0 aliphatic carbocycles. The molecule has 0 aliphatic rings. The van der Waals surface area contributed by atoms with Gasteiger partial charge < -0.3 is 5.32 Å². The molecule has 4 nitrogen and oxygen atoms in total. The molecule has 0 bridgehead atoms. The summed E-state index contributed by atoms with van der Waals surface area (Å²) in [6, 6.07) is 3.75. The van der Waals surface area contributed by atoms with Crippen molar-refractivity contribution in [2.75, 3.05) is 5.32 Å². The highest BCUT2D eigenvalue weighted by molar-refractivity contribution is 7.13. The number of aromatic nitrogens is 3. The molecule has 2 aromatic rings. The van der Waals surface area contributed by atoms with Crippen molar-refractivity contribution >= 4 is 22.2 Å². The van der Waals surface area contributed by atoms with E-state index in [2.05, 4.69) is 20.5 Å². The maximum atomic E-state index is 3.90. The van der Waals surface area contributed by atoms with Crippen molar-refractivity contribution in [3.8, 4) is 0 Å². The lowest BCUT2D eigenvalue weighted by Crippen LogP contribution is -1.88. The summed E-state index contributed by atoms with van der Waals surface area (Å²) in [5.41, 5.74) is 2.66. The number of nitrogens with one attached hydrogen (secondary N) is 1. The normalized spacial score (nSPS) is 9.67. The van der Waals surface area contributed by atoms with Crippen LogP contribution in [-0.2, 0) is 0 Å². The molecule has 0 aliphatic heterocycles. The third kappa shape index (κ3) is 1.57. The van der Waals surface area contributed by atoms with Gasteiger partial charge in [0, 0.05) is 18.1 Å². The largest absolute Gasteiger partial charge is 0.330 e. The molecular formula is C7H6N4S. The van der Waals surface area contributed by atoms with Crippen molar-refractivity contribution < 1.29 is 0 Å². The monoisotopic (exact) mass is 178 g/mol. The van der Waals surface area contributed by atoms with Gasteiger partial charge >= 0.3 is 0 Å². The van der Waals surface area contributed by atoms with Crippen molar-refractivity contribution in [3.05, 3.63) is 30.0 Å². The van der Waals surface area contributed by atoms with Crippen LogP contribution in [-0.4, -0.2) is 15.2 Å². The molecule has 5 heteroatoms. The molecule has 0 saturated carbocycles. The second-order valence-electron chi connectivity index (χ2n) is 2.10. The average molecular weight is 178 g/mol. The van der Waals surface area contributed by atoms with Crippen molar-refractivity contribution in [3.63, 3.8) is 0 Å². The molecular weight excluding hydrogens is 172 g/mol. The zero-order chi connectivity index (χ0) is 8.23. The zero-order valence-corrected chi connectivity index (χ0v) is 6.95. The van der Waals surface area contributed by atoms with Gasteiger partial charge in [0.15, 0.2) is 0 Å². The standard InChI is InChI=1S/C7H6N4S/c1-3-8-4-2-6(1)10-7-11-9-5-12-7/h1-5H,(H,8,10,11). The lowest BCUT2D eigenvalue weighted by atomic mass is 10.4. The fraction of sp³-hybridized carbons (Fsp3) is 0. The molecule has 0 fully saturated rings. The predicted molar refractivity (Wildman–Crippen MR) is 47.4 cm³/mol. The maximum Gasteiger partial charge on any atom is 0.209 e. The van der Waals surface area contributed by atoms with Gasteiger partial charge in [-0.2, -0.15) is 0 Å². The van der Waals surface area contributed by atoms with Gasteiger partial charge in [0.05, 0.1) is 0 Å². The Hall–Kier alpha value is -1.49. The molecule has 0 radical (unpaired) electrons. The smallest absolute Gasteiger partial charge is 0.209 e. The highest BCUT2D eigenvalue weighted by Gasteiger charge is 1.94. The van der Waals surface area contributed by atoms with Crippen LogP contribution in [0.4, 0.5) is 10.8 Å². The molecule has 12 heavy (non-hydrogen) atoms. The number of nitrogens with zero attached hydrogens (tertiary/aromatic N) is 3. The van der Waals surface area contributed by atoms with E-state index in [0.29, 0.717) is 0 Å². The van der Waals surface area contributed by atoms with Crippen LogP contribution < -0.4 is 5.32 Å². The lowest BCUT2D eigenvalue weighted by Gasteiger charge is -1.98. The van der Waals surface area contributed by atoms with Crippen LogP contribution in [0.5, 0.6) is 0 Å². The van der Waals surface area contributed by atoms with Crippen LogP contribution in [0.15, 0.2) is 30.0 Å². The first-order chi connectivity index (χ1) is 5.95. The highest BCUT2D eigenvalue weighted by Crippen LogP contribution is 2.15. The van der Waals surface area contributed by atoms with E-state index in [-0.39, 0.29) is 0 Å². The number of anilines is 2. The summed E-state index contributed by atoms with van der Waals surface area (Å²) in [5, 5.41) is 11.4. The minimum atomic E-state index is 0.793. The van der Waals surface area contributed by atoms with Gasteiger partial charge in [0.1, 0.15) is 5.51 Å². The van der Waals surface area contributed by atoms with Gasteiger partial charge in [-0.15, -0.1) is 10.2 Å². The van der Waals surface area contributed by atoms with Crippen LogP contribution >= 0.6 is 11.3 Å². The van der Waals surface area contributed by atoms with Crippen molar-refractivity contribution in [2.24, 2.45) is 0 Å². The van der Waals surface area contributed by atoms with E-state index in [1.165, 1.54) is 11.3 Å². The quantitative estimate of drug-likeness (QED) is 0.760. The molecule has 2 heterocycles. The fourth-order valence-corrected chi connectivity index (χ4v) is 1.25.